The van der Waals surface area contributed by atoms with Crippen molar-refractivity contribution in [3.05, 3.63) is 18.2 Å². The number of hydrogen-bond acceptors (Lipinski definition) is 5. The number of carbonyl (C=O) groups excluding carboxylic acids is 1. The summed E-state index contributed by atoms with van der Waals surface area (Å²) in [4.78, 5) is 11.6. The van der Waals surface area contributed by atoms with E-state index in [0.717, 1.165) is 0 Å². The van der Waals surface area contributed by atoms with Crippen LogP contribution in [0.25, 0.3) is 0 Å². The van der Waals surface area contributed by atoms with E-state index in [4.69, 9.17) is 10.5 Å². The molecule has 0 aliphatic heterocycles. The lowest BCUT2D eigenvalue weighted by Gasteiger charge is -2.13. The van der Waals surface area contributed by atoms with E-state index in [1.54, 1.807) is 25.1 Å². The van der Waals surface area contributed by atoms with Gasteiger partial charge in [-0.15, -0.1) is 0 Å². The minimum absolute atomic E-state index is 0.0340. The van der Waals surface area contributed by atoms with Gasteiger partial charge in [-0.1, -0.05) is 0 Å². The Morgan fingerprint density at radius 2 is 2.10 bits per heavy atom. The first-order chi connectivity index (χ1) is 9.91. The number of amides is 1. The van der Waals surface area contributed by atoms with Crippen molar-refractivity contribution in [2.75, 3.05) is 29.4 Å². The van der Waals surface area contributed by atoms with Gasteiger partial charge < -0.3 is 15.8 Å². The number of ether oxygens (including phenoxy) is 1. The molecule has 1 aromatic carbocycles. The molecule has 1 rings (SSSR count). The van der Waals surface area contributed by atoms with Crippen LogP contribution < -0.4 is 20.5 Å². The Bertz CT molecular complexity index is 587. The molecule has 1 amide bonds. The third-order valence-electron chi connectivity index (χ3n) is 2.74. The van der Waals surface area contributed by atoms with Crippen molar-refractivity contribution in [2.45, 2.75) is 19.8 Å². The van der Waals surface area contributed by atoms with Gasteiger partial charge in [0.2, 0.25) is 15.9 Å². The molecule has 1 aromatic rings. The summed E-state index contributed by atoms with van der Waals surface area (Å²) >= 11 is 0. The van der Waals surface area contributed by atoms with E-state index in [1.807, 2.05) is 0 Å². The minimum atomic E-state index is -3.38. The van der Waals surface area contributed by atoms with Crippen molar-refractivity contribution in [1.29, 1.82) is 0 Å². The summed E-state index contributed by atoms with van der Waals surface area (Å²) < 4.78 is 30.7. The average Bonchev–Trinajstić information content (AvgIpc) is 2.46. The third kappa shape index (κ3) is 5.60. The summed E-state index contributed by atoms with van der Waals surface area (Å²) in [5, 5.41) is 2.70. The monoisotopic (exact) mass is 315 g/mol. The highest BCUT2D eigenvalue weighted by molar-refractivity contribution is 7.92. The number of sulfonamides is 1. The molecule has 0 unspecified atom stereocenters. The topological polar surface area (TPSA) is 111 Å². The number of benzene rings is 1. The molecule has 7 nitrogen and oxygen atoms in total. The van der Waals surface area contributed by atoms with E-state index in [0.29, 0.717) is 36.5 Å². The number of hydrogen-bond donors (Lipinski definition) is 3. The smallest absolute Gasteiger partial charge is 0.232 e. The summed E-state index contributed by atoms with van der Waals surface area (Å²) in [6.45, 7) is 2.00. The van der Waals surface area contributed by atoms with E-state index in [1.165, 1.54) is 7.11 Å². The lowest BCUT2D eigenvalue weighted by molar-refractivity contribution is -0.116. The second-order valence-corrected chi connectivity index (χ2v) is 6.37. The Balaban J connectivity index is 2.86. The first kappa shape index (κ1) is 17.3. The van der Waals surface area contributed by atoms with Crippen molar-refractivity contribution in [3.8, 4) is 5.75 Å². The molecule has 0 saturated heterocycles. The fourth-order valence-electron chi connectivity index (χ4n) is 1.58. The summed E-state index contributed by atoms with van der Waals surface area (Å²) in [5.74, 6) is 0.154. The van der Waals surface area contributed by atoms with Crippen LogP contribution in [0.5, 0.6) is 5.75 Å². The van der Waals surface area contributed by atoms with Crippen LogP contribution in [0.2, 0.25) is 0 Å². The molecule has 0 heterocycles. The van der Waals surface area contributed by atoms with Gasteiger partial charge in [-0.25, -0.2) is 8.42 Å². The molecule has 118 valence electrons. The number of methoxy groups -OCH3 is 1. The number of carbonyl (C=O) groups is 1. The van der Waals surface area contributed by atoms with Crippen molar-refractivity contribution in [1.82, 2.24) is 0 Å². The minimum Gasteiger partial charge on any atom is -0.494 e. The average molecular weight is 315 g/mol. The number of nitrogens with two attached hydrogens (primary N) is 1. The van der Waals surface area contributed by atoms with E-state index in [2.05, 4.69) is 10.0 Å². The molecular formula is C13H21N3O4S. The number of anilines is 2. The fourth-order valence-corrected chi connectivity index (χ4v) is 2.23. The largest absolute Gasteiger partial charge is 0.494 e. The van der Waals surface area contributed by atoms with Gasteiger partial charge >= 0.3 is 0 Å². The van der Waals surface area contributed by atoms with Crippen LogP contribution in [-0.4, -0.2) is 33.7 Å². The Kier molecular flexibility index (Phi) is 6.44. The van der Waals surface area contributed by atoms with E-state index in [9.17, 15) is 13.2 Å². The molecule has 0 atom stereocenters. The first-order valence-electron chi connectivity index (χ1n) is 6.60. The molecule has 0 fully saturated rings. The van der Waals surface area contributed by atoms with Crippen molar-refractivity contribution in [3.63, 3.8) is 0 Å². The van der Waals surface area contributed by atoms with Crippen LogP contribution in [0.15, 0.2) is 18.2 Å². The number of rotatable bonds is 8. The van der Waals surface area contributed by atoms with Gasteiger partial charge in [0.1, 0.15) is 5.75 Å². The molecule has 0 radical (unpaired) electrons. The van der Waals surface area contributed by atoms with Gasteiger partial charge in [0, 0.05) is 18.2 Å². The lowest BCUT2D eigenvalue weighted by atomic mass is 10.2. The Morgan fingerprint density at radius 3 is 2.67 bits per heavy atom. The van der Waals surface area contributed by atoms with E-state index >= 15 is 0 Å². The fraction of sp³-hybridized carbons (Fsp3) is 0.462. The molecule has 0 bridgehead atoms. The standard InChI is InChI=1S/C13H21N3O4S/c1-3-21(18,19)16-11-7-6-10(9-12(11)20-2)15-13(17)5-4-8-14/h6-7,9,16H,3-5,8,14H2,1-2H3,(H,15,17). The summed E-state index contributed by atoms with van der Waals surface area (Å²) in [6, 6.07) is 4.72. The van der Waals surface area contributed by atoms with Gasteiger partial charge in [-0.2, -0.15) is 0 Å². The highest BCUT2D eigenvalue weighted by atomic mass is 32.2. The van der Waals surface area contributed by atoms with Gasteiger partial charge in [0.05, 0.1) is 18.6 Å². The van der Waals surface area contributed by atoms with Crippen molar-refractivity contribution in [2.24, 2.45) is 5.73 Å². The Labute approximate surface area is 124 Å². The molecule has 4 N–H and O–H groups in total. The van der Waals surface area contributed by atoms with Gasteiger partial charge in [-0.3, -0.25) is 9.52 Å². The van der Waals surface area contributed by atoms with Gasteiger partial charge in [0.15, 0.2) is 0 Å². The Hall–Kier alpha value is -1.80. The maximum absolute atomic E-state index is 11.6. The van der Waals surface area contributed by atoms with Crippen LogP contribution in [0.3, 0.4) is 0 Å². The summed E-state index contributed by atoms with van der Waals surface area (Å²) in [7, 11) is -1.95. The second-order valence-electron chi connectivity index (χ2n) is 4.36. The second kappa shape index (κ2) is 7.84. The van der Waals surface area contributed by atoms with Crippen LogP contribution in [0.4, 0.5) is 11.4 Å². The zero-order valence-electron chi connectivity index (χ0n) is 12.2. The maximum Gasteiger partial charge on any atom is 0.232 e. The SMILES string of the molecule is CCS(=O)(=O)Nc1ccc(NC(=O)CCCN)cc1OC. The molecule has 0 aliphatic carbocycles. The molecule has 21 heavy (non-hydrogen) atoms. The number of nitrogens with one attached hydrogen (secondary N) is 2. The van der Waals surface area contributed by atoms with Crippen LogP contribution in [-0.2, 0) is 14.8 Å². The molecule has 8 heteroatoms. The van der Waals surface area contributed by atoms with Crippen LogP contribution in [0.1, 0.15) is 19.8 Å². The van der Waals surface area contributed by atoms with E-state index < -0.39 is 10.0 Å². The molecule has 0 aromatic heterocycles. The molecular weight excluding hydrogens is 294 g/mol. The van der Waals surface area contributed by atoms with Crippen LogP contribution >= 0.6 is 0 Å². The zero-order chi connectivity index (χ0) is 15.9. The highest BCUT2D eigenvalue weighted by Crippen LogP contribution is 2.28. The predicted molar refractivity (Wildman–Crippen MR) is 83.0 cm³/mol. The van der Waals surface area contributed by atoms with Crippen molar-refractivity contribution >= 4 is 27.3 Å². The normalized spacial score (nSPS) is 11.0. The third-order valence-corrected chi connectivity index (χ3v) is 4.03. The summed E-state index contributed by atoms with van der Waals surface area (Å²) in [5.41, 5.74) is 6.21. The summed E-state index contributed by atoms with van der Waals surface area (Å²) in [6.07, 6.45) is 0.945. The first-order valence-corrected chi connectivity index (χ1v) is 8.25. The van der Waals surface area contributed by atoms with Gasteiger partial charge in [0.25, 0.3) is 0 Å². The van der Waals surface area contributed by atoms with Crippen LogP contribution in [0, 0.1) is 0 Å². The Morgan fingerprint density at radius 1 is 1.38 bits per heavy atom. The van der Waals surface area contributed by atoms with Gasteiger partial charge in [-0.05, 0) is 32.0 Å². The molecule has 0 spiro atoms. The highest BCUT2D eigenvalue weighted by Gasteiger charge is 2.12. The zero-order valence-corrected chi connectivity index (χ0v) is 13.0. The quantitative estimate of drug-likeness (QED) is 0.666. The molecule has 0 saturated carbocycles. The lowest BCUT2D eigenvalue weighted by Crippen LogP contribution is -2.16. The molecule has 0 aliphatic rings. The maximum atomic E-state index is 11.6. The van der Waals surface area contributed by atoms with Crippen molar-refractivity contribution < 1.29 is 17.9 Å². The predicted octanol–water partition coefficient (Wildman–Crippen LogP) is 1.13. The van der Waals surface area contributed by atoms with E-state index in [-0.39, 0.29) is 11.7 Å².